The Bertz CT molecular complexity index is 3320. The molecular formula is C69H92ClN14O4+. The quantitative estimate of drug-likeness (QED) is 0.0119. The predicted octanol–water partition coefficient (Wildman–Crippen LogP) is 11.4. The maximum atomic E-state index is 15.4. The number of benzene rings is 4. The van der Waals surface area contributed by atoms with Crippen molar-refractivity contribution in [2.75, 3.05) is 6.54 Å². The number of nitrogens with one attached hydrogen (secondary N) is 4. The van der Waals surface area contributed by atoms with Crippen LogP contribution in [0, 0.1) is 34.5 Å². The Morgan fingerprint density at radius 3 is 2.10 bits per heavy atom. The van der Waals surface area contributed by atoms with Gasteiger partial charge in [0.1, 0.15) is 11.4 Å². The Balaban J connectivity index is 0.988. The smallest absolute Gasteiger partial charge is 0.291 e. The average molecular weight is 1220 g/mol. The van der Waals surface area contributed by atoms with Crippen molar-refractivity contribution in [3.8, 4) is 0 Å². The molecule has 2 aliphatic carbocycles. The van der Waals surface area contributed by atoms with Crippen LogP contribution in [-0.4, -0.2) is 84.2 Å². The highest BCUT2D eigenvalue weighted by molar-refractivity contribution is 6.48. The standard InChI is InChI=1S/C69H91ClN14O4/c1-9-11-17-54(46-19-23-48(24-20-46)64(87)75-43-59-80-82-83-81-59)55-40-68(34-30-53(31-35-68)67(7,8)10-2)76-60(61(55)85)51-28-27-50(56(70)39-51)38-44(3)18-29-57(47-21-25-49(26-22-47)63(86)74-42-58(78-71)79-72)84-65(88)62(73-41-45-15-13-12-14-16-45)77-69(84)36-32-52(33-37-69)66(4,5)6/h12-16,19-28,39,44,52-55,57,71H,9-11,17-18,29-38,40-43,72H2,1-8H3,(H,73,77)(H,74,86)(H,75,87)(H,80,81,82,83)/p+1/b78-71?,79-58-/t44?,52?,53?,54?,55?,57-,68?,69?/m1/s1. The topological polar surface area (TPSA) is 263 Å². The number of rotatable bonds is 23. The highest BCUT2D eigenvalue weighted by Gasteiger charge is 2.54. The van der Waals surface area contributed by atoms with E-state index in [1.807, 2.05) is 78.9 Å². The van der Waals surface area contributed by atoms with Crippen molar-refractivity contribution in [3.05, 3.63) is 147 Å². The third-order valence-electron chi connectivity index (χ3n) is 20.1. The van der Waals surface area contributed by atoms with E-state index in [9.17, 15) is 9.59 Å². The number of hydrogen-bond acceptors (Lipinski definition) is 11. The molecule has 2 saturated carbocycles. The summed E-state index contributed by atoms with van der Waals surface area (Å²) in [5.74, 6) is 6.39. The fourth-order valence-electron chi connectivity index (χ4n) is 14.3. The van der Waals surface area contributed by atoms with E-state index in [0.29, 0.717) is 71.2 Å². The van der Waals surface area contributed by atoms with Gasteiger partial charge in [0.25, 0.3) is 17.7 Å². The summed E-state index contributed by atoms with van der Waals surface area (Å²) in [7, 11) is 0. The van der Waals surface area contributed by atoms with Crippen LogP contribution in [0.25, 0.3) is 0 Å². The molecule has 4 aromatic carbocycles. The number of nitrogens with zero attached hydrogens (tertiary/aromatic N) is 8. The second-order valence-corrected chi connectivity index (χ2v) is 27.6. The highest BCUT2D eigenvalue weighted by Crippen LogP contribution is 2.52. The minimum Gasteiger partial charge on any atom is -0.345 e. The van der Waals surface area contributed by atoms with E-state index in [2.05, 4.69) is 113 Å². The normalized spacial score (nSPS) is 23.2. The van der Waals surface area contributed by atoms with Crippen LogP contribution in [0.2, 0.25) is 5.02 Å². The summed E-state index contributed by atoms with van der Waals surface area (Å²) in [6.45, 7) is 18.9. The highest BCUT2D eigenvalue weighted by atomic mass is 35.5. The van der Waals surface area contributed by atoms with Crippen molar-refractivity contribution >= 4 is 52.5 Å². The van der Waals surface area contributed by atoms with E-state index >= 15 is 9.59 Å². The molecule has 3 heterocycles. The molecular weight excluding hydrogens is 1120 g/mol. The number of ketones is 1. The molecule has 3 amide bonds. The molecule has 18 nitrogen and oxygen atoms in total. The van der Waals surface area contributed by atoms with E-state index in [4.69, 9.17) is 33.0 Å². The monoisotopic (exact) mass is 1220 g/mol. The van der Waals surface area contributed by atoms with Crippen LogP contribution in [-0.2, 0) is 29.1 Å². The van der Waals surface area contributed by atoms with Crippen molar-refractivity contribution in [2.24, 2.45) is 60.5 Å². The van der Waals surface area contributed by atoms with Crippen molar-refractivity contribution in [1.82, 2.24) is 41.5 Å². The number of nitrogens with two attached hydrogens (primary N) is 2. The Morgan fingerprint density at radius 1 is 0.841 bits per heavy atom. The van der Waals surface area contributed by atoms with Crippen molar-refractivity contribution in [1.29, 1.82) is 0 Å². The minimum absolute atomic E-state index is 0.0312. The summed E-state index contributed by atoms with van der Waals surface area (Å²) in [6.07, 6.45) is 13.9. The van der Waals surface area contributed by atoms with E-state index in [1.165, 1.54) is 0 Å². The van der Waals surface area contributed by atoms with Crippen LogP contribution in [0.5, 0.6) is 0 Å². The molecule has 5 aromatic rings. The summed E-state index contributed by atoms with van der Waals surface area (Å²) in [4.78, 5) is 69.9. The molecule has 8 N–H and O–H groups in total. The second-order valence-electron chi connectivity index (χ2n) is 27.2. The average Bonchev–Trinajstić information content (AvgIpc) is 1.69. The summed E-state index contributed by atoms with van der Waals surface area (Å²) >= 11 is 7.43. The number of aliphatic imine (C=N–C) groups is 2. The zero-order valence-electron chi connectivity index (χ0n) is 52.9. The molecule has 0 radical (unpaired) electrons. The molecule has 1 saturated heterocycles. The first-order valence-corrected chi connectivity index (χ1v) is 32.4. The zero-order valence-corrected chi connectivity index (χ0v) is 53.6. The molecule has 4 atom stereocenters. The molecule has 4 aliphatic rings. The molecule has 2 spiro atoms. The summed E-state index contributed by atoms with van der Waals surface area (Å²) in [5, 5.41) is 31.0. The number of tetrazole rings is 1. The van der Waals surface area contributed by atoms with Gasteiger partial charge in [-0.2, -0.15) is 15.8 Å². The van der Waals surface area contributed by atoms with Crippen molar-refractivity contribution in [2.45, 2.75) is 194 Å². The van der Waals surface area contributed by atoms with E-state index in [0.717, 1.165) is 111 Å². The van der Waals surface area contributed by atoms with Crippen LogP contribution in [0.15, 0.2) is 117 Å². The fourth-order valence-corrected chi connectivity index (χ4v) is 14.5. The lowest BCUT2D eigenvalue weighted by Crippen LogP contribution is -2.56. The van der Waals surface area contributed by atoms with Gasteiger partial charge in [0.15, 0.2) is 17.4 Å². The van der Waals surface area contributed by atoms with Crippen molar-refractivity contribution in [3.63, 3.8) is 0 Å². The summed E-state index contributed by atoms with van der Waals surface area (Å²) < 4.78 is 0. The Kier molecular flexibility index (Phi) is 20.9. The lowest BCUT2D eigenvalue weighted by atomic mass is 9.61. The predicted molar refractivity (Wildman–Crippen MR) is 345 cm³/mol. The van der Waals surface area contributed by atoms with Crippen LogP contribution < -0.4 is 27.3 Å². The van der Waals surface area contributed by atoms with E-state index in [-0.39, 0.29) is 77.1 Å². The number of amidine groups is 2. The first-order chi connectivity index (χ1) is 42.2. The molecule has 9 rings (SSSR count). The number of amides is 3. The molecule has 2 aliphatic heterocycles. The van der Waals surface area contributed by atoms with Gasteiger partial charge in [-0.25, -0.2) is 0 Å². The molecule has 0 bridgehead atoms. The van der Waals surface area contributed by atoms with Gasteiger partial charge in [0, 0.05) is 32.7 Å². The number of H-pyrrole nitrogens is 1. The number of hydrazone groups is 1. The number of hydrogen-bond donors (Lipinski definition) is 6. The summed E-state index contributed by atoms with van der Waals surface area (Å²) in [6, 6.07) is 31.0. The van der Waals surface area contributed by atoms with Gasteiger partial charge in [-0.15, -0.1) is 10.2 Å². The van der Waals surface area contributed by atoms with Crippen molar-refractivity contribution < 1.29 is 24.7 Å². The third kappa shape index (κ3) is 15.1. The maximum Gasteiger partial charge on any atom is 0.291 e. The second kappa shape index (κ2) is 28.3. The van der Waals surface area contributed by atoms with Gasteiger partial charge >= 0.3 is 0 Å². The van der Waals surface area contributed by atoms with E-state index in [1.54, 1.807) is 12.1 Å². The third-order valence-corrected chi connectivity index (χ3v) is 20.5. The number of unbranched alkanes of at least 4 members (excludes halogenated alkanes) is 1. The number of aromatic amines is 1. The first-order valence-electron chi connectivity index (χ1n) is 32.0. The molecule has 19 heteroatoms. The number of halogens is 1. The summed E-state index contributed by atoms with van der Waals surface area (Å²) in [5.41, 5.74) is 10.8. The van der Waals surface area contributed by atoms with Crippen LogP contribution in [0.4, 0.5) is 0 Å². The molecule has 88 heavy (non-hydrogen) atoms. The molecule has 3 unspecified atom stereocenters. The minimum atomic E-state index is -0.667. The number of Topliss-reactive ketones (excluding diaryl/α,β-unsaturated/α-hetero) is 1. The largest absolute Gasteiger partial charge is 0.345 e. The van der Waals surface area contributed by atoms with Crippen LogP contribution in [0.3, 0.4) is 0 Å². The molecule has 468 valence electrons. The number of carbonyl (C=O) groups is 4. The first kappa shape index (κ1) is 65.0. The number of carbonyl (C=O) groups excluding carboxylic acids is 4. The Hall–Kier alpha value is -7.47. The van der Waals surface area contributed by atoms with Crippen LogP contribution in [0.1, 0.15) is 218 Å². The van der Waals surface area contributed by atoms with Gasteiger partial charge in [0.2, 0.25) is 5.84 Å². The van der Waals surface area contributed by atoms with Crippen LogP contribution >= 0.6 is 11.6 Å². The SMILES string of the molecule is CCCCC(c1ccc(C(=O)NCc2nn[nH]n2)cc1)C1CC2(CCC(C(C)(C)CC)CC2)N=C(c2ccc(CC(C)CC[C@H](c3ccc(C(=O)NC/C(N=[NH2+])=N/N)cc3)N3C(=O)C(=NCc4ccccc4)NC34CCC(C(C)(C)C)CC4)c(Cl)c2)C1=O. The molecule has 1 aromatic heterocycles. The van der Waals surface area contributed by atoms with E-state index < -0.39 is 11.2 Å². The van der Waals surface area contributed by atoms with Gasteiger partial charge in [-0.1, -0.05) is 158 Å². The Morgan fingerprint density at radius 2 is 1.50 bits per heavy atom. The lowest BCUT2D eigenvalue weighted by molar-refractivity contribution is -0.207. The van der Waals surface area contributed by atoms with Gasteiger partial charge in [0.05, 0.1) is 31.2 Å². The molecule has 3 fully saturated rings. The van der Waals surface area contributed by atoms with Gasteiger partial charge < -0.3 is 26.7 Å². The zero-order chi connectivity index (χ0) is 62.8. The van der Waals surface area contributed by atoms with Gasteiger partial charge in [-0.3, -0.25) is 29.2 Å². The number of aromatic nitrogens is 4. The Labute approximate surface area is 524 Å². The maximum absolute atomic E-state index is 15.4. The lowest BCUT2D eigenvalue weighted by Gasteiger charge is -2.48. The van der Waals surface area contributed by atoms with Gasteiger partial charge in [-0.05, 0) is 171 Å². The fraction of sp³-hybridized carbons (Fsp3) is 0.536.